The lowest BCUT2D eigenvalue weighted by Crippen LogP contribution is -2.37. The zero-order chi connectivity index (χ0) is 15.1. The Kier molecular flexibility index (Phi) is 5.72. The number of nitrogens with one attached hydrogen (secondary N) is 2. The molecule has 0 atom stereocenters. The van der Waals surface area contributed by atoms with Crippen LogP contribution >= 0.6 is 0 Å². The van der Waals surface area contributed by atoms with Gasteiger partial charge in [0.1, 0.15) is 0 Å². The summed E-state index contributed by atoms with van der Waals surface area (Å²) < 4.78 is 10.7. The Labute approximate surface area is 126 Å². The maximum absolute atomic E-state index is 5.38. The highest BCUT2D eigenvalue weighted by molar-refractivity contribution is 5.79. The Morgan fingerprint density at radius 1 is 1.24 bits per heavy atom. The molecular formula is C16H25N3O2. The highest BCUT2D eigenvalue weighted by atomic mass is 16.7. The molecule has 5 nitrogen and oxygen atoms in total. The number of hydrogen-bond donors (Lipinski definition) is 2. The second-order valence-corrected chi connectivity index (χ2v) is 5.58. The molecule has 2 rings (SSSR count). The van der Waals surface area contributed by atoms with Crippen molar-refractivity contribution in [3.63, 3.8) is 0 Å². The standard InChI is InChI=1S/C16H25N3O2/c1-12(2)5-4-8-18-16(17-3)19-10-13-6-7-14-15(9-13)21-11-20-14/h6-7,9,12H,4-5,8,10-11H2,1-3H3,(H2,17,18,19). The van der Waals surface area contributed by atoms with Crippen LogP contribution in [0.4, 0.5) is 0 Å². The largest absolute Gasteiger partial charge is 0.454 e. The van der Waals surface area contributed by atoms with E-state index in [1.165, 1.54) is 6.42 Å². The molecule has 5 heteroatoms. The van der Waals surface area contributed by atoms with Crippen LogP contribution in [0.25, 0.3) is 0 Å². The van der Waals surface area contributed by atoms with Crippen LogP contribution in [0.3, 0.4) is 0 Å². The zero-order valence-electron chi connectivity index (χ0n) is 13.1. The second kappa shape index (κ2) is 7.76. The quantitative estimate of drug-likeness (QED) is 0.480. The van der Waals surface area contributed by atoms with Gasteiger partial charge in [0.15, 0.2) is 17.5 Å². The number of aliphatic imine (C=N–C) groups is 1. The van der Waals surface area contributed by atoms with Gasteiger partial charge in [0, 0.05) is 20.1 Å². The molecule has 0 saturated heterocycles. The molecule has 1 aromatic rings. The Balaban J connectivity index is 1.75. The minimum atomic E-state index is 0.311. The number of benzene rings is 1. The average Bonchev–Trinajstić information content (AvgIpc) is 2.93. The SMILES string of the molecule is CN=C(NCCCC(C)C)NCc1ccc2c(c1)OCO2. The van der Waals surface area contributed by atoms with E-state index in [1.54, 1.807) is 7.05 Å². The van der Waals surface area contributed by atoms with Crippen molar-refractivity contribution in [3.8, 4) is 11.5 Å². The van der Waals surface area contributed by atoms with Gasteiger partial charge in [0.25, 0.3) is 0 Å². The van der Waals surface area contributed by atoms with Gasteiger partial charge < -0.3 is 20.1 Å². The van der Waals surface area contributed by atoms with Crippen LogP contribution in [0.5, 0.6) is 11.5 Å². The van der Waals surface area contributed by atoms with Gasteiger partial charge in [0.2, 0.25) is 6.79 Å². The molecule has 0 radical (unpaired) electrons. The predicted molar refractivity (Wildman–Crippen MR) is 84.8 cm³/mol. The lowest BCUT2D eigenvalue weighted by Gasteiger charge is -2.12. The topological polar surface area (TPSA) is 54.9 Å². The number of nitrogens with zero attached hydrogens (tertiary/aromatic N) is 1. The highest BCUT2D eigenvalue weighted by Crippen LogP contribution is 2.32. The van der Waals surface area contributed by atoms with Gasteiger partial charge in [-0.25, -0.2) is 0 Å². The number of hydrogen-bond acceptors (Lipinski definition) is 3. The molecular weight excluding hydrogens is 266 g/mol. The third-order valence-corrected chi connectivity index (χ3v) is 3.37. The molecule has 0 saturated carbocycles. The van der Waals surface area contributed by atoms with Crippen LogP contribution in [0.1, 0.15) is 32.3 Å². The summed E-state index contributed by atoms with van der Waals surface area (Å²) in [6.07, 6.45) is 2.38. The predicted octanol–water partition coefficient (Wildman–Crippen LogP) is 2.52. The summed E-state index contributed by atoms with van der Waals surface area (Å²) in [5.41, 5.74) is 1.14. The lowest BCUT2D eigenvalue weighted by molar-refractivity contribution is 0.174. The van der Waals surface area contributed by atoms with Crippen LogP contribution in [-0.2, 0) is 6.54 Å². The first-order chi connectivity index (χ1) is 10.2. The van der Waals surface area contributed by atoms with Crippen molar-refractivity contribution in [2.45, 2.75) is 33.2 Å². The van der Waals surface area contributed by atoms with Crippen LogP contribution in [-0.4, -0.2) is 26.3 Å². The van der Waals surface area contributed by atoms with Gasteiger partial charge in [-0.05, 0) is 36.5 Å². The minimum Gasteiger partial charge on any atom is -0.454 e. The molecule has 0 fully saturated rings. The number of rotatable bonds is 6. The molecule has 116 valence electrons. The fraction of sp³-hybridized carbons (Fsp3) is 0.562. The number of guanidine groups is 1. The fourth-order valence-electron chi connectivity index (χ4n) is 2.17. The Morgan fingerprint density at radius 2 is 2.05 bits per heavy atom. The first-order valence-electron chi connectivity index (χ1n) is 7.52. The summed E-state index contributed by atoms with van der Waals surface area (Å²) in [7, 11) is 1.79. The fourth-order valence-corrected chi connectivity index (χ4v) is 2.17. The smallest absolute Gasteiger partial charge is 0.231 e. The minimum absolute atomic E-state index is 0.311. The van der Waals surface area contributed by atoms with Crippen molar-refractivity contribution in [1.29, 1.82) is 0 Å². The van der Waals surface area contributed by atoms with Crippen LogP contribution < -0.4 is 20.1 Å². The van der Waals surface area contributed by atoms with E-state index in [-0.39, 0.29) is 0 Å². The summed E-state index contributed by atoms with van der Waals surface area (Å²) in [5, 5.41) is 6.64. The summed E-state index contributed by atoms with van der Waals surface area (Å²) in [6, 6.07) is 5.98. The van der Waals surface area contributed by atoms with Crippen molar-refractivity contribution in [2.75, 3.05) is 20.4 Å². The van der Waals surface area contributed by atoms with Gasteiger partial charge in [0.05, 0.1) is 0 Å². The van der Waals surface area contributed by atoms with Crippen LogP contribution in [0.2, 0.25) is 0 Å². The molecule has 1 heterocycles. The van der Waals surface area contributed by atoms with Crippen LogP contribution in [0, 0.1) is 5.92 Å². The molecule has 0 amide bonds. The van der Waals surface area contributed by atoms with Crippen molar-refractivity contribution in [2.24, 2.45) is 10.9 Å². The Hall–Kier alpha value is -1.91. The Morgan fingerprint density at radius 3 is 2.81 bits per heavy atom. The average molecular weight is 291 g/mol. The third-order valence-electron chi connectivity index (χ3n) is 3.37. The molecule has 0 spiro atoms. The van der Waals surface area contributed by atoms with Gasteiger partial charge in [-0.3, -0.25) is 4.99 Å². The van der Waals surface area contributed by atoms with E-state index in [0.29, 0.717) is 13.3 Å². The molecule has 0 unspecified atom stereocenters. The van der Waals surface area contributed by atoms with Crippen molar-refractivity contribution in [1.82, 2.24) is 10.6 Å². The van der Waals surface area contributed by atoms with E-state index in [9.17, 15) is 0 Å². The summed E-state index contributed by atoms with van der Waals surface area (Å²) in [6.45, 7) is 6.45. The van der Waals surface area contributed by atoms with Crippen molar-refractivity contribution < 1.29 is 9.47 Å². The summed E-state index contributed by atoms with van der Waals surface area (Å²) in [5.74, 6) is 3.20. The van der Waals surface area contributed by atoms with Crippen molar-refractivity contribution >= 4 is 5.96 Å². The van der Waals surface area contributed by atoms with E-state index in [4.69, 9.17) is 9.47 Å². The Bertz CT molecular complexity index is 486. The van der Waals surface area contributed by atoms with Crippen molar-refractivity contribution in [3.05, 3.63) is 23.8 Å². The molecule has 2 N–H and O–H groups in total. The number of fused-ring (bicyclic) bond motifs is 1. The molecule has 1 aliphatic rings. The van der Waals surface area contributed by atoms with Gasteiger partial charge in [-0.15, -0.1) is 0 Å². The van der Waals surface area contributed by atoms with E-state index >= 15 is 0 Å². The van der Waals surface area contributed by atoms with E-state index in [2.05, 4.69) is 29.5 Å². The molecule has 0 aliphatic carbocycles. The van der Waals surface area contributed by atoms with Gasteiger partial charge >= 0.3 is 0 Å². The summed E-state index contributed by atoms with van der Waals surface area (Å²) in [4.78, 5) is 4.23. The first kappa shape index (κ1) is 15.5. The van der Waals surface area contributed by atoms with E-state index in [1.807, 2.05) is 18.2 Å². The zero-order valence-corrected chi connectivity index (χ0v) is 13.1. The monoisotopic (exact) mass is 291 g/mol. The van der Waals surface area contributed by atoms with Gasteiger partial charge in [-0.2, -0.15) is 0 Å². The normalized spacial score (nSPS) is 13.6. The third kappa shape index (κ3) is 4.85. The lowest BCUT2D eigenvalue weighted by atomic mass is 10.1. The molecule has 1 aromatic carbocycles. The molecule has 0 bridgehead atoms. The summed E-state index contributed by atoms with van der Waals surface area (Å²) >= 11 is 0. The van der Waals surface area contributed by atoms with E-state index < -0.39 is 0 Å². The van der Waals surface area contributed by atoms with Crippen LogP contribution in [0.15, 0.2) is 23.2 Å². The highest BCUT2D eigenvalue weighted by Gasteiger charge is 2.13. The molecule has 0 aromatic heterocycles. The first-order valence-corrected chi connectivity index (χ1v) is 7.52. The number of ether oxygens (including phenoxy) is 2. The molecule has 21 heavy (non-hydrogen) atoms. The second-order valence-electron chi connectivity index (χ2n) is 5.58. The van der Waals surface area contributed by atoms with E-state index in [0.717, 1.165) is 41.9 Å². The maximum atomic E-state index is 5.38. The van der Waals surface area contributed by atoms with Gasteiger partial charge in [-0.1, -0.05) is 19.9 Å². The maximum Gasteiger partial charge on any atom is 0.231 e. The molecule has 1 aliphatic heterocycles.